The summed E-state index contributed by atoms with van der Waals surface area (Å²) in [5.41, 5.74) is 6.48. The molecule has 1 aliphatic heterocycles. The van der Waals surface area contributed by atoms with Crippen molar-refractivity contribution in [1.29, 1.82) is 0 Å². The van der Waals surface area contributed by atoms with E-state index in [1.54, 1.807) is 0 Å². The number of nitrogens with two attached hydrogens (primary N) is 1. The van der Waals surface area contributed by atoms with Crippen LogP contribution in [0, 0.1) is 0 Å². The summed E-state index contributed by atoms with van der Waals surface area (Å²) in [4.78, 5) is 10.9. The van der Waals surface area contributed by atoms with Gasteiger partial charge in [-0.2, -0.15) is 0 Å². The van der Waals surface area contributed by atoms with Crippen LogP contribution in [0.25, 0.3) is 0 Å². The first-order chi connectivity index (χ1) is 6.90. The van der Waals surface area contributed by atoms with Crippen LogP contribution in [-0.2, 0) is 6.54 Å². The average molecular weight is 192 g/mol. The molecule has 0 amide bonds. The van der Waals surface area contributed by atoms with Gasteiger partial charge in [-0.15, -0.1) is 0 Å². The number of aromatic nitrogens is 2. The van der Waals surface area contributed by atoms with Crippen LogP contribution in [0.15, 0.2) is 12.4 Å². The highest BCUT2D eigenvalue weighted by atomic mass is 15.2. The van der Waals surface area contributed by atoms with Crippen LogP contribution >= 0.6 is 0 Å². The van der Waals surface area contributed by atoms with Crippen molar-refractivity contribution in [2.75, 3.05) is 18.0 Å². The molecule has 1 aliphatic rings. The van der Waals surface area contributed by atoms with Gasteiger partial charge in [0.05, 0.1) is 0 Å². The maximum absolute atomic E-state index is 5.48. The quantitative estimate of drug-likeness (QED) is 0.757. The highest BCUT2D eigenvalue weighted by Gasteiger charge is 2.12. The molecule has 1 aromatic heterocycles. The maximum Gasteiger partial charge on any atom is 0.225 e. The number of hydrogen-bond acceptors (Lipinski definition) is 4. The predicted molar refractivity (Wildman–Crippen MR) is 56.0 cm³/mol. The lowest BCUT2D eigenvalue weighted by Gasteiger charge is -2.26. The zero-order chi connectivity index (χ0) is 9.80. The number of nitrogens with zero attached hydrogens (tertiary/aromatic N) is 3. The van der Waals surface area contributed by atoms with Gasteiger partial charge in [-0.1, -0.05) is 0 Å². The molecule has 4 heteroatoms. The monoisotopic (exact) mass is 192 g/mol. The molecule has 1 saturated heterocycles. The number of rotatable bonds is 2. The van der Waals surface area contributed by atoms with E-state index in [9.17, 15) is 0 Å². The molecule has 2 heterocycles. The molecular formula is C10H16N4. The number of hydrogen-bond donors (Lipinski definition) is 1. The zero-order valence-corrected chi connectivity index (χ0v) is 8.32. The molecule has 0 spiro atoms. The van der Waals surface area contributed by atoms with E-state index in [0.717, 1.165) is 24.6 Å². The Kier molecular flexibility index (Phi) is 2.93. The molecule has 1 aromatic rings. The van der Waals surface area contributed by atoms with Crippen molar-refractivity contribution in [3.63, 3.8) is 0 Å². The van der Waals surface area contributed by atoms with E-state index in [0.29, 0.717) is 6.54 Å². The Morgan fingerprint density at radius 3 is 2.36 bits per heavy atom. The van der Waals surface area contributed by atoms with Gasteiger partial charge in [0.15, 0.2) is 0 Å². The summed E-state index contributed by atoms with van der Waals surface area (Å²) in [5, 5.41) is 0. The Labute approximate surface area is 84.2 Å². The van der Waals surface area contributed by atoms with E-state index in [4.69, 9.17) is 5.73 Å². The lowest BCUT2D eigenvalue weighted by molar-refractivity contribution is 0.568. The zero-order valence-electron chi connectivity index (χ0n) is 8.32. The summed E-state index contributed by atoms with van der Waals surface area (Å²) in [7, 11) is 0. The van der Waals surface area contributed by atoms with Crippen molar-refractivity contribution in [3.8, 4) is 0 Å². The van der Waals surface area contributed by atoms with Crippen molar-refractivity contribution in [3.05, 3.63) is 18.0 Å². The summed E-state index contributed by atoms with van der Waals surface area (Å²) >= 11 is 0. The normalized spacial score (nSPS) is 17.1. The molecule has 4 nitrogen and oxygen atoms in total. The van der Waals surface area contributed by atoms with Crippen molar-refractivity contribution >= 4 is 5.95 Å². The first-order valence-electron chi connectivity index (χ1n) is 5.16. The van der Waals surface area contributed by atoms with Gasteiger partial charge < -0.3 is 10.6 Å². The number of piperidine rings is 1. The van der Waals surface area contributed by atoms with Crippen LogP contribution in [-0.4, -0.2) is 23.1 Å². The van der Waals surface area contributed by atoms with Gasteiger partial charge in [-0.05, 0) is 19.3 Å². The van der Waals surface area contributed by atoms with Crippen molar-refractivity contribution < 1.29 is 0 Å². The minimum Gasteiger partial charge on any atom is -0.341 e. The predicted octanol–water partition coefficient (Wildman–Crippen LogP) is 0.926. The third-order valence-corrected chi connectivity index (χ3v) is 2.57. The summed E-state index contributed by atoms with van der Waals surface area (Å²) < 4.78 is 0. The van der Waals surface area contributed by atoms with Gasteiger partial charge in [0.25, 0.3) is 0 Å². The molecule has 0 aromatic carbocycles. The topological polar surface area (TPSA) is 55.0 Å². The van der Waals surface area contributed by atoms with Crippen molar-refractivity contribution in [1.82, 2.24) is 9.97 Å². The fraction of sp³-hybridized carbons (Fsp3) is 0.600. The second-order valence-corrected chi connectivity index (χ2v) is 3.64. The molecule has 14 heavy (non-hydrogen) atoms. The van der Waals surface area contributed by atoms with Gasteiger partial charge in [0.1, 0.15) is 0 Å². The van der Waals surface area contributed by atoms with E-state index in [2.05, 4.69) is 14.9 Å². The highest BCUT2D eigenvalue weighted by molar-refractivity contribution is 5.30. The Morgan fingerprint density at radius 2 is 1.79 bits per heavy atom. The standard InChI is InChI=1S/C10H16N4/c11-6-9-7-12-10(13-8-9)14-4-2-1-3-5-14/h7-8H,1-6,11H2. The van der Waals surface area contributed by atoms with E-state index < -0.39 is 0 Å². The molecule has 0 unspecified atom stereocenters. The minimum atomic E-state index is 0.514. The van der Waals surface area contributed by atoms with E-state index in [-0.39, 0.29) is 0 Å². The fourth-order valence-electron chi connectivity index (χ4n) is 1.71. The average Bonchev–Trinajstić information content (AvgIpc) is 2.30. The van der Waals surface area contributed by atoms with Crippen LogP contribution in [0.4, 0.5) is 5.95 Å². The molecule has 76 valence electrons. The fourth-order valence-corrected chi connectivity index (χ4v) is 1.71. The van der Waals surface area contributed by atoms with Gasteiger partial charge in [0.2, 0.25) is 5.95 Å². The third-order valence-electron chi connectivity index (χ3n) is 2.57. The maximum atomic E-state index is 5.48. The Balaban J connectivity index is 2.07. The van der Waals surface area contributed by atoms with E-state index in [1.807, 2.05) is 12.4 Å². The first-order valence-corrected chi connectivity index (χ1v) is 5.16. The van der Waals surface area contributed by atoms with E-state index >= 15 is 0 Å². The Bertz CT molecular complexity index is 277. The highest BCUT2D eigenvalue weighted by Crippen LogP contribution is 2.14. The third kappa shape index (κ3) is 2.01. The molecule has 0 saturated carbocycles. The van der Waals surface area contributed by atoms with E-state index in [1.165, 1.54) is 19.3 Å². The molecular weight excluding hydrogens is 176 g/mol. The smallest absolute Gasteiger partial charge is 0.225 e. The molecule has 0 atom stereocenters. The lowest BCUT2D eigenvalue weighted by atomic mass is 10.1. The second-order valence-electron chi connectivity index (χ2n) is 3.64. The minimum absolute atomic E-state index is 0.514. The van der Waals surface area contributed by atoms with Crippen LogP contribution < -0.4 is 10.6 Å². The molecule has 0 bridgehead atoms. The molecule has 0 aliphatic carbocycles. The lowest BCUT2D eigenvalue weighted by Crippen LogP contribution is -2.30. The number of anilines is 1. The van der Waals surface area contributed by atoms with Crippen molar-refractivity contribution in [2.45, 2.75) is 25.8 Å². The van der Waals surface area contributed by atoms with Crippen LogP contribution in [0.5, 0.6) is 0 Å². The van der Waals surface area contributed by atoms with Gasteiger partial charge in [-0.25, -0.2) is 9.97 Å². The first kappa shape index (κ1) is 9.40. The Morgan fingerprint density at radius 1 is 1.14 bits per heavy atom. The SMILES string of the molecule is NCc1cnc(N2CCCCC2)nc1. The van der Waals surface area contributed by atoms with Gasteiger partial charge in [-0.3, -0.25) is 0 Å². The summed E-state index contributed by atoms with van der Waals surface area (Å²) in [6.07, 6.45) is 7.47. The van der Waals surface area contributed by atoms with Gasteiger partial charge >= 0.3 is 0 Å². The molecule has 2 rings (SSSR count). The second kappa shape index (κ2) is 4.37. The van der Waals surface area contributed by atoms with Crippen LogP contribution in [0.2, 0.25) is 0 Å². The summed E-state index contributed by atoms with van der Waals surface area (Å²) in [5.74, 6) is 0.849. The molecule has 1 fully saturated rings. The summed E-state index contributed by atoms with van der Waals surface area (Å²) in [6, 6.07) is 0. The van der Waals surface area contributed by atoms with Gasteiger partial charge in [0, 0.05) is 37.6 Å². The summed E-state index contributed by atoms with van der Waals surface area (Å²) in [6.45, 7) is 2.68. The Hall–Kier alpha value is -1.16. The molecule has 2 N–H and O–H groups in total. The van der Waals surface area contributed by atoms with Crippen LogP contribution in [0.1, 0.15) is 24.8 Å². The van der Waals surface area contributed by atoms with Crippen molar-refractivity contribution in [2.24, 2.45) is 5.73 Å². The van der Waals surface area contributed by atoms with Crippen LogP contribution in [0.3, 0.4) is 0 Å². The molecule has 0 radical (unpaired) electrons. The largest absolute Gasteiger partial charge is 0.341 e.